The molecule has 0 amide bonds. The predicted molar refractivity (Wildman–Crippen MR) is 47.4 cm³/mol. The normalized spacial score (nSPS) is 12.1. The third-order valence-electron chi connectivity index (χ3n) is 1.76. The molecule has 1 atom stereocenters. The lowest BCUT2D eigenvalue weighted by atomic mass is 10.1. The van der Waals surface area contributed by atoms with Gasteiger partial charge < -0.3 is 15.3 Å². The predicted octanol–water partition coefficient (Wildman–Crippen LogP) is 0.418. The SMILES string of the molecule is O=C(O)C(O)c1c(O)cccc1[N+](=O)[O-]. The zero-order valence-corrected chi connectivity index (χ0v) is 7.32. The number of hydrogen-bond acceptors (Lipinski definition) is 5. The number of aromatic hydroxyl groups is 1. The van der Waals surface area contributed by atoms with Crippen LogP contribution in [-0.2, 0) is 4.79 Å². The van der Waals surface area contributed by atoms with Gasteiger partial charge in [0.25, 0.3) is 5.69 Å². The van der Waals surface area contributed by atoms with Crippen molar-refractivity contribution < 1.29 is 25.0 Å². The Bertz CT molecular complexity index is 416. The van der Waals surface area contributed by atoms with Crippen molar-refractivity contribution in [2.75, 3.05) is 0 Å². The minimum absolute atomic E-state index is 0.616. The second kappa shape index (κ2) is 3.93. The van der Waals surface area contributed by atoms with Gasteiger partial charge in [0, 0.05) is 6.07 Å². The van der Waals surface area contributed by atoms with Crippen molar-refractivity contribution in [3.63, 3.8) is 0 Å². The fourth-order valence-corrected chi connectivity index (χ4v) is 1.10. The molecule has 0 saturated heterocycles. The van der Waals surface area contributed by atoms with E-state index in [0.717, 1.165) is 12.1 Å². The van der Waals surface area contributed by atoms with Crippen molar-refractivity contribution in [2.24, 2.45) is 0 Å². The average Bonchev–Trinajstić information content (AvgIpc) is 2.16. The van der Waals surface area contributed by atoms with Gasteiger partial charge in [0.2, 0.25) is 0 Å². The lowest BCUT2D eigenvalue weighted by Gasteiger charge is -2.08. The molecule has 0 aliphatic heterocycles. The van der Waals surface area contributed by atoms with Crippen LogP contribution in [0.25, 0.3) is 0 Å². The van der Waals surface area contributed by atoms with Crippen LogP contribution in [0.3, 0.4) is 0 Å². The Morgan fingerprint density at radius 2 is 2.07 bits per heavy atom. The number of aliphatic hydroxyl groups is 1. The first-order valence-electron chi connectivity index (χ1n) is 3.82. The quantitative estimate of drug-likeness (QED) is 0.494. The first-order valence-corrected chi connectivity index (χ1v) is 3.82. The van der Waals surface area contributed by atoms with Gasteiger partial charge in [-0.25, -0.2) is 4.79 Å². The van der Waals surface area contributed by atoms with Crippen LogP contribution in [-0.4, -0.2) is 26.2 Å². The number of benzene rings is 1. The van der Waals surface area contributed by atoms with Gasteiger partial charge in [-0.1, -0.05) is 6.07 Å². The monoisotopic (exact) mass is 213 g/mol. The van der Waals surface area contributed by atoms with Crippen LogP contribution in [0.4, 0.5) is 5.69 Å². The van der Waals surface area contributed by atoms with Crippen LogP contribution in [0, 0.1) is 10.1 Å². The van der Waals surface area contributed by atoms with E-state index in [4.69, 9.17) is 10.2 Å². The minimum Gasteiger partial charge on any atom is -0.507 e. The highest BCUT2D eigenvalue weighted by molar-refractivity contribution is 5.77. The summed E-state index contributed by atoms with van der Waals surface area (Å²) in [6.07, 6.45) is -2.12. The number of carbonyl (C=O) groups is 1. The highest BCUT2D eigenvalue weighted by atomic mass is 16.6. The molecular formula is C8H7NO6. The Labute approximate surface area is 83.4 Å². The minimum atomic E-state index is -2.12. The number of carboxylic acids is 1. The Hall–Kier alpha value is -2.15. The smallest absolute Gasteiger partial charge is 0.337 e. The molecule has 0 bridgehead atoms. The maximum absolute atomic E-state index is 10.5. The molecule has 80 valence electrons. The molecule has 0 saturated carbocycles. The van der Waals surface area contributed by atoms with Crippen molar-refractivity contribution in [2.45, 2.75) is 6.10 Å². The van der Waals surface area contributed by atoms with Crippen molar-refractivity contribution in [1.82, 2.24) is 0 Å². The van der Waals surface area contributed by atoms with E-state index in [1.807, 2.05) is 0 Å². The second-order valence-electron chi connectivity index (χ2n) is 2.71. The van der Waals surface area contributed by atoms with E-state index in [9.17, 15) is 20.0 Å². The third-order valence-corrected chi connectivity index (χ3v) is 1.76. The number of rotatable bonds is 3. The first-order chi connectivity index (χ1) is 6.95. The second-order valence-corrected chi connectivity index (χ2v) is 2.71. The van der Waals surface area contributed by atoms with Crippen LogP contribution >= 0.6 is 0 Å². The van der Waals surface area contributed by atoms with Crippen molar-refractivity contribution in [1.29, 1.82) is 0 Å². The van der Waals surface area contributed by atoms with Gasteiger partial charge in [-0.05, 0) is 6.07 Å². The maximum Gasteiger partial charge on any atom is 0.337 e. The number of nitrogens with zero attached hydrogens (tertiary/aromatic N) is 1. The van der Waals surface area contributed by atoms with Crippen LogP contribution in [0.1, 0.15) is 11.7 Å². The lowest BCUT2D eigenvalue weighted by Crippen LogP contribution is -2.12. The van der Waals surface area contributed by atoms with E-state index in [1.165, 1.54) is 6.07 Å². The summed E-state index contributed by atoms with van der Waals surface area (Å²) in [4.78, 5) is 20.1. The van der Waals surface area contributed by atoms with Crippen LogP contribution < -0.4 is 0 Å². The summed E-state index contributed by atoms with van der Waals surface area (Å²) in [5.41, 5.74) is -1.25. The van der Waals surface area contributed by atoms with E-state index in [0.29, 0.717) is 0 Å². The van der Waals surface area contributed by atoms with E-state index < -0.39 is 34.0 Å². The topological polar surface area (TPSA) is 121 Å². The number of nitro benzene ring substituents is 1. The van der Waals surface area contributed by atoms with Crippen molar-refractivity contribution in [3.05, 3.63) is 33.9 Å². The summed E-state index contributed by atoms with van der Waals surface area (Å²) >= 11 is 0. The van der Waals surface area contributed by atoms with E-state index >= 15 is 0 Å². The van der Waals surface area contributed by atoms with Gasteiger partial charge >= 0.3 is 5.97 Å². The van der Waals surface area contributed by atoms with E-state index in [-0.39, 0.29) is 0 Å². The molecule has 7 nitrogen and oxygen atoms in total. The van der Waals surface area contributed by atoms with Gasteiger partial charge in [-0.2, -0.15) is 0 Å². The zero-order chi connectivity index (χ0) is 11.6. The number of aliphatic hydroxyl groups excluding tert-OH is 1. The van der Waals surface area contributed by atoms with E-state index in [1.54, 1.807) is 0 Å². The summed E-state index contributed by atoms with van der Waals surface area (Å²) in [5.74, 6) is -2.29. The van der Waals surface area contributed by atoms with Crippen LogP contribution in [0.2, 0.25) is 0 Å². The average molecular weight is 213 g/mol. The molecule has 0 spiro atoms. The number of carboxylic acid groups (broad SMARTS) is 1. The Morgan fingerprint density at radius 1 is 1.47 bits per heavy atom. The Balaban J connectivity index is 3.37. The molecule has 0 heterocycles. The summed E-state index contributed by atoms with van der Waals surface area (Å²) in [6, 6.07) is 3.25. The lowest BCUT2D eigenvalue weighted by molar-refractivity contribution is -0.386. The molecular weight excluding hydrogens is 206 g/mol. The fraction of sp³-hybridized carbons (Fsp3) is 0.125. The summed E-state index contributed by atoms with van der Waals surface area (Å²) in [6.45, 7) is 0. The first kappa shape index (κ1) is 10.9. The summed E-state index contributed by atoms with van der Waals surface area (Å²) < 4.78 is 0. The summed E-state index contributed by atoms with van der Waals surface area (Å²) in [7, 11) is 0. The highest BCUT2D eigenvalue weighted by Crippen LogP contribution is 2.32. The number of phenolic OH excluding ortho intramolecular Hbond substituents is 1. The van der Waals surface area contributed by atoms with Gasteiger partial charge in [0.1, 0.15) is 11.3 Å². The Kier molecular flexibility index (Phi) is 2.86. The molecule has 0 aromatic heterocycles. The van der Waals surface area contributed by atoms with Gasteiger partial charge in [0.05, 0.1) is 4.92 Å². The number of aliphatic carboxylic acids is 1. The van der Waals surface area contributed by atoms with Crippen LogP contribution in [0.5, 0.6) is 5.75 Å². The van der Waals surface area contributed by atoms with Gasteiger partial charge in [0.15, 0.2) is 6.10 Å². The van der Waals surface area contributed by atoms with Gasteiger partial charge in [-0.15, -0.1) is 0 Å². The largest absolute Gasteiger partial charge is 0.507 e. The summed E-state index contributed by atoms with van der Waals surface area (Å²) in [5, 5.41) is 37.3. The zero-order valence-electron chi connectivity index (χ0n) is 7.32. The van der Waals surface area contributed by atoms with Crippen LogP contribution in [0.15, 0.2) is 18.2 Å². The molecule has 1 aromatic rings. The number of phenols is 1. The maximum atomic E-state index is 10.5. The highest BCUT2D eigenvalue weighted by Gasteiger charge is 2.28. The fourth-order valence-electron chi connectivity index (χ4n) is 1.10. The molecule has 1 unspecified atom stereocenters. The molecule has 3 N–H and O–H groups in total. The molecule has 0 aliphatic rings. The molecule has 0 fully saturated rings. The molecule has 15 heavy (non-hydrogen) atoms. The van der Waals surface area contributed by atoms with Crippen molar-refractivity contribution in [3.8, 4) is 5.75 Å². The third kappa shape index (κ3) is 2.02. The standard InChI is InChI=1S/C8H7NO6/c10-5-3-1-2-4(9(14)15)6(5)7(11)8(12)13/h1-3,7,10-11H,(H,12,13). The van der Waals surface area contributed by atoms with Crippen molar-refractivity contribution >= 4 is 11.7 Å². The molecule has 0 aliphatic carbocycles. The van der Waals surface area contributed by atoms with Gasteiger partial charge in [-0.3, -0.25) is 10.1 Å². The molecule has 1 rings (SSSR count). The Morgan fingerprint density at radius 3 is 2.53 bits per heavy atom. The number of nitro groups is 1. The molecule has 1 aromatic carbocycles. The van der Waals surface area contributed by atoms with E-state index in [2.05, 4.69) is 0 Å². The molecule has 0 radical (unpaired) electrons. The number of hydrogen-bond donors (Lipinski definition) is 3. The molecule has 7 heteroatoms.